The molecular weight excluding hydrogens is 517 g/mol. The third-order valence-electron chi connectivity index (χ3n) is 6.43. The van der Waals surface area contributed by atoms with Crippen LogP contribution in [-0.4, -0.2) is 48.9 Å². The lowest BCUT2D eigenvalue weighted by Gasteiger charge is -2.29. The predicted molar refractivity (Wildman–Crippen MR) is 139 cm³/mol. The minimum absolute atomic E-state index is 0.0226. The number of fused-ring (bicyclic) bond motifs is 1. The Kier molecular flexibility index (Phi) is 8.25. The van der Waals surface area contributed by atoms with Crippen molar-refractivity contribution >= 4 is 43.5 Å². The highest BCUT2D eigenvalue weighted by molar-refractivity contribution is 7.89. The van der Waals surface area contributed by atoms with Crippen LogP contribution >= 0.6 is 11.3 Å². The Hall–Kier alpha value is -2.89. The second-order valence-electron chi connectivity index (χ2n) is 9.24. The summed E-state index contributed by atoms with van der Waals surface area (Å²) in [7, 11) is -3.77. The number of esters is 1. The number of carbonyl (C=O) groups is 2. The van der Waals surface area contributed by atoms with Crippen molar-refractivity contribution in [1.82, 2.24) is 8.87 Å². The number of nitrogens with zero attached hydrogens (tertiary/aromatic N) is 3. The first-order chi connectivity index (χ1) is 17.6. The average Bonchev–Trinajstić information content (AvgIpc) is 3.20. The van der Waals surface area contributed by atoms with E-state index in [1.165, 1.54) is 27.8 Å². The molecule has 0 unspecified atom stereocenters. The molecule has 0 atom stereocenters. The highest BCUT2D eigenvalue weighted by atomic mass is 32.2. The number of benzene rings is 2. The van der Waals surface area contributed by atoms with E-state index in [1.807, 2.05) is 12.1 Å². The zero-order chi connectivity index (χ0) is 26.7. The van der Waals surface area contributed by atoms with E-state index in [2.05, 4.69) is 24.9 Å². The monoisotopic (exact) mass is 547 g/mol. The van der Waals surface area contributed by atoms with Crippen LogP contribution in [0.25, 0.3) is 10.2 Å². The van der Waals surface area contributed by atoms with E-state index >= 15 is 0 Å². The van der Waals surface area contributed by atoms with Crippen molar-refractivity contribution in [3.8, 4) is 0 Å². The van der Waals surface area contributed by atoms with E-state index in [9.17, 15) is 22.4 Å². The summed E-state index contributed by atoms with van der Waals surface area (Å²) in [6, 6.07) is 10.7. The van der Waals surface area contributed by atoms with E-state index < -0.39 is 27.7 Å². The van der Waals surface area contributed by atoms with Crippen LogP contribution in [0.5, 0.6) is 0 Å². The van der Waals surface area contributed by atoms with Gasteiger partial charge in [-0.05, 0) is 67.6 Å². The summed E-state index contributed by atoms with van der Waals surface area (Å²) >= 11 is 1.34. The maximum atomic E-state index is 13.2. The van der Waals surface area contributed by atoms with Gasteiger partial charge < -0.3 is 9.30 Å². The summed E-state index contributed by atoms with van der Waals surface area (Å²) in [5.41, 5.74) is 1.94. The number of ether oxygens (including phenoxy) is 1. The second kappa shape index (κ2) is 11.2. The van der Waals surface area contributed by atoms with Gasteiger partial charge in [-0.3, -0.25) is 9.59 Å². The Labute approximate surface area is 219 Å². The molecule has 198 valence electrons. The molecule has 1 amide bonds. The zero-order valence-electron chi connectivity index (χ0n) is 21.0. The predicted octanol–water partition coefficient (Wildman–Crippen LogP) is 4.06. The lowest BCUT2D eigenvalue weighted by atomic mass is 9.98. The molecule has 1 fully saturated rings. The summed E-state index contributed by atoms with van der Waals surface area (Å²) in [6.07, 6.45) is 0.645. The molecule has 1 aliphatic heterocycles. The number of thiazole rings is 1. The number of sulfonamides is 1. The highest BCUT2D eigenvalue weighted by Crippen LogP contribution is 2.26. The molecule has 0 spiro atoms. The molecule has 37 heavy (non-hydrogen) atoms. The smallest absolute Gasteiger partial charge is 0.326 e. The van der Waals surface area contributed by atoms with E-state index in [0.29, 0.717) is 23.6 Å². The number of carbonyl (C=O) groups excluding carboxylic acids is 2. The first-order valence-corrected chi connectivity index (χ1v) is 14.5. The van der Waals surface area contributed by atoms with Gasteiger partial charge in [0.25, 0.3) is 5.91 Å². The molecule has 0 aliphatic carbocycles. The molecule has 0 bridgehead atoms. The zero-order valence-corrected chi connectivity index (χ0v) is 22.6. The highest BCUT2D eigenvalue weighted by Gasteiger charge is 2.32. The third kappa shape index (κ3) is 6.00. The van der Waals surface area contributed by atoms with Crippen molar-refractivity contribution in [2.75, 3.05) is 19.7 Å². The van der Waals surface area contributed by atoms with Crippen molar-refractivity contribution < 1.29 is 27.1 Å². The van der Waals surface area contributed by atoms with Crippen LogP contribution < -0.4 is 4.80 Å². The van der Waals surface area contributed by atoms with Gasteiger partial charge in [-0.15, -0.1) is 0 Å². The van der Waals surface area contributed by atoms with E-state index in [0.717, 1.165) is 27.9 Å². The number of piperidine rings is 1. The lowest BCUT2D eigenvalue weighted by Crippen LogP contribution is -2.40. The van der Waals surface area contributed by atoms with E-state index in [-0.39, 0.29) is 37.0 Å². The summed E-state index contributed by atoms with van der Waals surface area (Å²) in [4.78, 5) is 30.3. The Bertz CT molecular complexity index is 1470. The molecule has 1 aliphatic rings. The summed E-state index contributed by atoms with van der Waals surface area (Å²) < 4.78 is 48.1. The van der Waals surface area contributed by atoms with Gasteiger partial charge >= 0.3 is 5.97 Å². The summed E-state index contributed by atoms with van der Waals surface area (Å²) in [5, 5.41) is 0. The van der Waals surface area contributed by atoms with Crippen LogP contribution in [0.2, 0.25) is 0 Å². The molecule has 11 heteroatoms. The van der Waals surface area contributed by atoms with Gasteiger partial charge in [-0.1, -0.05) is 31.3 Å². The van der Waals surface area contributed by atoms with Crippen LogP contribution in [0.15, 0.2) is 52.4 Å². The number of rotatable bonds is 7. The Morgan fingerprint density at radius 1 is 1.14 bits per heavy atom. The number of hydrogen-bond donors (Lipinski definition) is 0. The quantitative estimate of drug-likeness (QED) is 0.416. The minimum Gasteiger partial charge on any atom is -0.465 e. The van der Waals surface area contributed by atoms with Gasteiger partial charge in [0.05, 0.1) is 21.7 Å². The molecule has 0 radical (unpaired) electrons. The second-order valence-corrected chi connectivity index (χ2v) is 12.2. The van der Waals surface area contributed by atoms with Crippen molar-refractivity contribution in [3.63, 3.8) is 0 Å². The topological polar surface area (TPSA) is 98.0 Å². The lowest BCUT2D eigenvalue weighted by molar-refractivity contribution is -0.143. The molecule has 1 saturated heterocycles. The average molecular weight is 548 g/mol. The molecule has 0 saturated carbocycles. The van der Waals surface area contributed by atoms with Crippen LogP contribution in [0, 0.1) is 11.7 Å². The van der Waals surface area contributed by atoms with E-state index in [1.54, 1.807) is 11.5 Å². The SMILES string of the molecule is CCOC(=O)Cn1c(=NC(=O)C2CCN(S(=O)(=O)c3ccc(F)cc3)CC2)sc2cc(C(C)C)ccc21. The van der Waals surface area contributed by atoms with Crippen molar-refractivity contribution in [3.05, 3.63) is 58.6 Å². The van der Waals surface area contributed by atoms with Crippen LogP contribution in [0.3, 0.4) is 0 Å². The van der Waals surface area contributed by atoms with Gasteiger partial charge in [0, 0.05) is 19.0 Å². The molecule has 4 rings (SSSR count). The number of halogens is 1. The van der Waals surface area contributed by atoms with Gasteiger partial charge in [-0.25, -0.2) is 12.8 Å². The van der Waals surface area contributed by atoms with E-state index in [4.69, 9.17) is 4.74 Å². The summed E-state index contributed by atoms with van der Waals surface area (Å²) in [5.74, 6) is -1.38. The molecule has 3 aromatic rings. The number of aromatic nitrogens is 1. The minimum atomic E-state index is -3.77. The molecule has 2 aromatic carbocycles. The third-order valence-corrected chi connectivity index (χ3v) is 9.38. The fraction of sp³-hybridized carbons (Fsp3) is 0.423. The standard InChI is InChI=1S/C26H30FN3O5S2/c1-4-35-24(31)16-30-22-10-5-19(17(2)3)15-23(22)36-26(30)28-25(32)18-11-13-29(14-12-18)37(33,34)21-8-6-20(27)7-9-21/h5-10,15,17-18H,4,11-14,16H2,1-3H3. The van der Waals surface area contributed by atoms with Gasteiger partial charge in [0.1, 0.15) is 12.4 Å². The fourth-order valence-corrected chi connectivity index (χ4v) is 6.86. The van der Waals surface area contributed by atoms with Crippen LogP contribution in [0.4, 0.5) is 4.39 Å². The molecule has 2 heterocycles. The normalized spacial score (nSPS) is 16.0. The number of hydrogen-bond acceptors (Lipinski definition) is 6. The largest absolute Gasteiger partial charge is 0.465 e. The molecule has 1 aromatic heterocycles. The van der Waals surface area contributed by atoms with Crippen molar-refractivity contribution in [2.45, 2.75) is 51.0 Å². The van der Waals surface area contributed by atoms with Crippen molar-refractivity contribution in [2.24, 2.45) is 10.9 Å². The fourth-order valence-electron chi connectivity index (χ4n) is 4.31. The number of amides is 1. The maximum absolute atomic E-state index is 13.2. The molecule has 8 nitrogen and oxygen atoms in total. The maximum Gasteiger partial charge on any atom is 0.326 e. The summed E-state index contributed by atoms with van der Waals surface area (Å²) in [6.45, 7) is 6.45. The molecule has 0 N–H and O–H groups in total. The van der Waals surface area contributed by atoms with Gasteiger partial charge in [-0.2, -0.15) is 9.30 Å². The Morgan fingerprint density at radius 3 is 2.43 bits per heavy atom. The van der Waals surface area contributed by atoms with Crippen LogP contribution in [-0.2, 0) is 30.9 Å². The Balaban J connectivity index is 1.57. The van der Waals surface area contributed by atoms with Gasteiger partial charge in [0.15, 0.2) is 4.80 Å². The Morgan fingerprint density at radius 2 is 1.81 bits per heavy atom. The molecular formula is C26H30FN3O5S2. The van der Waals surface area contributed by atoms with Gasteiger partial charge in [0.2, 0.25) is 10.0 Å². The van der Waals surface area contributed by atoms with Crippen LogP contribution in [0.1, 0.15) is 45.1 Å². The van der Waals surface area contributed by atoms with Crippen molar-refractivity contribution in [1.29, 1.82) is 0 Å². The first kappa shape index (κ1) is 27.2. The first-order valence-electron chi connectivity index (χ1n) is 12.2.